The van der Waals surface area contributed by atoms with Crippen LogP contribution in [0.4, 0.5) is 0 Å². The summed E-state index contributed by atoms with van der Waals surface area (Å²) in [6.45, 7) is 2.01. The molecule has 3 heterocycles. The molecule has 0 saturated carbocycles. The fraction of sp³-hybridized carbons (Fsp3) is 0.231. The number of H-pyrrole nitrogens is 1. The summed E-state index contributed by atoms with van der Waals surface area (Å²) in [5, 5.41) is 8.11. The Morgan fingerprint density at radius 1 is 1.38 bits per heavy atom. The second-order valence-corrected chi connectivity index (χ2v) is 5.75. The molecule has 0 amide bonds. The van der Waals surface area contributed by atoms with Crippen LogP contribution in [0.5, 0.6) is 0 Å². The van der Waals surface area contributed by atoms with Crippen molar-refractivity contribution in [3.8, 4) is 0 Å². The highest BCUT2D eigenvalue weighted by Crippen LogP contribution is 2.18. The molecule has 6 nitrogen and oxygen atoms in total. The molecule has 0 bridgehead atoms. The summed E-state index contributed by atoms with van der Waals surface area (Å²) in [6.07, 6.45) is 2.37. The summed E-state index contributed by atoms with van der Waals surface area (Å²) in [4.78, 5) is 20.8. The SMILES string of the molecule is CCc1nc(SCc2cc(=O)n3cc(Cl)ccc3n2)n[nH]1. The lowest BCUT2D eigenvalue weighted by molar-refractivity contribution is 0.941. The highest BCUT2D eigenvalue weighted by Gasteiger charge is 2.06. The van der Waals surface area contributed by atoms with E-state index in [1.54, 1.807) is 18.3 Å². The van der Waals surface area contributed by atoms with E-state index in [1.165, 1.54) is 22.2 Å². The second-order valence-electron chi connectivity index (χ2n) is 4.37. The Labute approximate surface area is 129 Å². The Bertz CT molecular complexity index is 844. The molecule has 3 aromatic heterocycles. The zero-order chi connectivity index (χ0) is 14.8. The molecule has 0 aliphatic heterocycles. The fourth-order valence-electron chi connectivity index (χ4n) is 1.84. The second kappa shape index (κ2) is 5.87. The molecule has 0 unspecified atom stereocenters. The molecule has 0 fully saturated rings. The number of aromatic amines is 1. The number of hydrogen-bond donors (Lipinski definition) is 1. The molecule has 0 aromatic carbocycles. The normalized spacial score (nSPS) is 11.1. The van der Waals surface area contributed by atoms with Crippen LogP contribution in [0.15, 0.2) is 34.3 Å². The molecule has 21 heavy (non-hydrogen) atoms. The summed E-state index contributed by atoms with van der Waals surface area (Å²) < 4.78 is 1.43. The fourth-order valence-corrected chi connectivity index (χ4v) is 2.71. The van der Waals surface area contributed by atoms with Gasteiger partial charge in [-0.1, -0.05) is 30.3 Å². The quantitative estimate of drug-likeness (QED) is 0.746. The van der Waals surface area contributed by atoms with Gasteiger partial charge in [0.25, 0.3) is 5.56 Å². The smallest absolute Gasteiger partial charge is 0.258 e. The maximum absolute atomic E-state index is 12.0. The third kappa shape index (κ3) is 3.08. The number of nitrogens with one attached hydrogen (secondary N) is 1. The van der Waals surface area contributed by atoms with E-state index in [2.05, 4.69) is 20.2 Å². The van der Waals surface area contributed by atoms with Crippen LogP contribution < -0.4 is 5.56 Å². The molecule has 0 aliphatic carbocycles. The van der Waals surface area contributed by atoms with E-state index in [0.717, 1.165) is 12.2 Å². The van der Waals surface area contributed by atoms with Gasteiger partial charge >= 0.3 is 0 Å². The van der Waals surface area contributed by atoms with Gasteiger partial charge in [0, 0.05) is 24.4 Å². The zero-order valence-electron chi connectivity index (χ0n) is 11.2. The molecule has 0 radical (unpaired) electrons. The van der Waals surface area contributed by atoms with Gasteiger partial charge in [-0.15, -0.1) is 5.10 Å². The average Bonchev–Trinajstić information content (AvgIpc) is 2.94. The van der Waals surface area contributed by atoms with Crippen molar-refractivity contribution in [1.29, 1.82) is 0 Å². The topological polar surface area (TPSA) is 75.9 Å². The standard InChI is InChI=1S/C13H12ClN5OS/c1-2-10-16-13(18-17-10)21-7-9-5-12(20)19-6-8(14)3-4-11(19)15-9/h3-6H,2,7H2,1H3,(H,16,17,18). The monoisotopic (exact) mass is 321 g/mol. The van der Waals surface area contributed by atoms with Crippen molar-refractivity contribution in [2.24, 2.45) is 0 Å². The van der Waals surface area contributed by atoms with E-state index in [-0.39, 0.29) is 5.56 Å². The highest BCUT2D eigenvalue weighted by molar-refractivity contribution is 7.98. The van der Waals surface area contributed by atoms with Gasteiger partial charge < -0.3 is 0 Å². The molecule has 8 heteroatoms. The lowest BCUT2D eigenvalue weighted by atomic mass is 10.4. The van der Waals surface area contributed by atoms with Gasteiger partial charge in [0.2, 0.25) is 5.16 Å². The molecule has 0 saturated heterocycles. The molecule has 0 aliphatic rings. The Hall–Kier alpha value is -1.86. The Morgan fingerprint density at radius 2 is 2.24 bits per heavy atom. The van der Waals surface area contributed by atoms with Crippen molar-refractivity contribution in [3.63, 3.8) is 0 Å². The minimum Gasteiger partial charge on any atom is -0.269 e. The van der Waals surface area contributed by atoms with Crippen molar-refractivity contribution in [2.75, 3.05) is 0 Å². The van der Waals surface area contributed by atoms with E-state index in [4.69, 9.17) is 11.6 Å². The number of rotatable bonds is 4. The molecule has 0 atom stereocenters. The van der Waals surface area contributed by atoms with Crippen molar-refractivity contribution in [2.45, 2.75) is 24.3 Å². The van der Waals surface area contributed by atoms with Crippen molar-refractivity contribution in [1.82, 2.24) is 24.6 Å². The number of thioether (sulfide) groups is 1. The van der Waals surface area contributed by atoms with Gasteiger partial charge in [0.1, 0.15) is 11.5 Å². The Kier molecular flexibility index (Phi) is 3.94. The predicted molar refractivity (Wildman–Crippen MR) is 81.8 cm³/mol. The first kappa shape index (κ1) is 14.1. The molecular formula is C13H12ClN5OS. The maximum atomic E-state index is 12.0. The number of pyridine rings is 1. The lowest BCUT2D eigenvalue weighted by Crippen LogP contribution is -2.15. The number of hydrogen-bond acceptors (Lipinski definition) is 5. The Balaban J connectivity index is 1.84. The van der Waals surface area contributed by atoms with Crippen LogP contribution in [-0.2, 0) is 12.2 Å². The van der Waals surface area contributed by atoms with Crippen molar-refractivity contribution in [3.05, 3.63) is 51.3 Å². The van der Waals surface area contributed by atoms with E-state index < -0.39 is 0 Å². The maximum Gasteiger partial charge on any atom is 0.258 e. The first-order valence-corrected chi connectivity index (χ1v) is 7.74. The number of nitrogens with zero attached hydrogens (tertiary/aromatic N) is 4. The predicted octanol–water partition coefficient (Wildman–Crippen LogP) is 2.32. The zero-order valence-corrected chi connectivity index (χ0v) is 12.8. The van der Waals surface area contributed by atoms with Crippen molar-refractivity contribution >= 4 is 29.0 Å². The molecule has 108 valence electrons. The van der Waals surface area contributed by atoms with Crippen LogP contribution >= 0.6 is 23.4 Å². The average molecular weight is 322 g/mol. The van der Waals surface area contributed by atoms with E-state index in [0.29, 0.717) is 27.3 Å². The van der Waals surface area contributed by atoms with Crippen LogP contribution in [0.2, 0.25) is 5.02 Å². The minimum atomic E-state index is -0.151. The van der Waals surface area contributed by atoms with Gasteiger partial charge in [-0.2, -0.15) is 0 Å². The van der Waals surface area contributed by atoms with Crippen LogP contribution in [0.1, 0.15) is 18.4 Å². The van der Waals surface area contributed by atoms with Gasteiger partial charge in [0.15, 0.2) is 0 Å². The number of halogens is 1. The summed E-state index contributed by atoms with van der Waals surface area (Å²) in [6, 6.07) is 4.94. The summed E-state index contributed by atoms with van der Waals surface area (Å²) >= 11 is 7.32. The van der Waals surface area contributed by atoms with Crippen LogP contribution in [0.25, 0.3) is 5.65 Å². The van der Waals surface area contributed by atoms with E-state index in [1.807, 2.05) is 6.92 Å². The third-order valence-electron chi connectivity index (χ3n) is 2.87. The van der Waals surface area contributed by atoms with Crippen molar-refractivity contribution < 1.29 is 0 Å². The first-order chi connectivity index (χ1) is 10.2. The summed E-state index contributed by atoms with van der Waals surface area (Å²) in [5.41, 5.74) is 1.12. The van der Waals surface area contributed by atoms with E-state index in [9.17, 15) is 4.79 Å². The number of fused-ring (bicyclic) bond motifs is 1. The summed E-state index contributed by atoms with van der Waals surface area (Å²) in [7, 11) is 0. The van der Waals surface area contributed by atoms with Gasteiger partial charge in [0.05, 0.1) is 10.7 Å². The van der Waals surface area contributed by atoms with Gasteiger partial charge in [-0.05, 0) is 12.1 Å². The molecule has 0 spiro atoms. The minimum absolute atomic E-state index is 0.151. The van der Waals surface area contributed by atoms with E-state index >= 15 is 0 Å². The summed E-state index contributed by atoms with van der Waals surface area (Å²) in [5.74, 6) is 1.38. The highest BCUT2D eigenvalue weighted by atomic mass is 35.5. The molecule has 3 aromatic rings. The van der Waals surface area contributed by atoms with Gasteiger partial charge in [-0.3, -0.25) is 14.3 Å². The lowest BCUT2D eigenvalue weighted by Gasteiger charge is -2.03. The number of aryl methyl sites for hydroxylation is 1. The third-order valence-corrected chi connectivity index (χ3v) is 3.98. The Morgan fingerprint density at radius 3 is 3.00 bits per heavy atom. The van der Waals surface area contributed by atoms with Crippen LogP contribution in [0, 0.1) is 0 Å². The van der Waals surface area contributed by atoms with Gasteiger partial charge in [-0.25, -0.2) is 9.97 Å². The molecule has 1 N–H and O–H groups in total. The largest absolute Gasteiger partial charge is 0.269 e. The van der Waals surface area contributed by atoms with Crippen LogP contribution in [0.3, 0.4) is 0 Å². The first-order valence-electron chi connectivity index (χ1n) is 6.37. The molecule has 3 rings (SSSR count). The van der Waals surface area contributed by atoms with Crippen LogP contribution in [-0.4, -0.2) is 24.6 Å². The molecular weight excluding hydrogens is 310 g/mol. The number of aromatic nitrogens is 5.